The molecule has 0 unspecified atom stereocenters. The summed E-state index contributed by atoms with van der Waals surface area (Å²) in [5.41, 5.74) is 7.74. The van der Waals surface area contributed by atoms with Crippen LogP contribution in [-0.2, 0) is 31.1 Å². The molecule has 0 aromatic carbocycles. The van der Waals surface area contributed by atoms with Crippen LogP contribution in [-0.4, -0.2) is 47.9 Å². The molecule has 0 fully saturated rings. The van der Waals surface area contributed by atoms with Gasteiger partial charge in [0.15, 0.2) is 12.2 Å². The molecule has 0 atom stereocenters. The molecule has 0 radical (unpaired) electrons. The average Bonchev–Trinajstić information content (AvgIpc) is 2.82. The van der Waals surface area contributed by atoms with Gasteiger partial charge in [-0.15, -0.1) is 4.57 Å². The van der Waals surface area contributed by atoms with Gasteiger partial charge in [0.1, 0.15) is 11.6 Å². The van der Waals surface area contributed by atoms with E-state index in [0.717, 1.165) is 22.6 Å². The Balaban J connectivity index is 0.000000769. The van der Waals surface area contributed by atoms with Gasteiger partial charge in [0.2, 0.25) is 0 Å². The molecule has 0 aliphatic rings. The van der Waals surface area contributed by atoms with E-state index in [1.807, 2.05) is 18.4 Å². The summed E-state index contributed by atoms with van der Waals surface area (Å²) in [5.74, 6) is 1.10. The Kier molecular flexibility index (Phi) is 12.3. The van der Waals surface area contributed by atoms with Crippen LogP contribution in [0.5, 0.6) is 5.19 Å². The molecule has 7 N–H and O–H groups in total. The number of thiazole rings is 1. The predicted octanol–water partition coefficient (Wildman–Crippen LogP) is -2.45. The van der Waals surface area contributed by atoms with Gasteiger partial charge in [0.25, 0.3) is 0 Å². The molecule has 2 rings (SSSR count). The molecule has 0 spiro atoms. The highest BCUT2D eigenvalue weighted by atomic mass is 35.5. The summed E-state index contributed by atoms with van der Waals surface area (Å²) in [4.78, 5) is 40.4. The van der Waals surface area contributed by atoms with Gasteiger partial charge >= 0.3 is 20.8 Å². The zero-order chi connectivity index (χ0) is 23.1. The summed E-state index contributed by atoms with van der Waals surface area (Å²) in [7, 11) is -10.1. The van der Waals surface area contributed by atoms with E-state index in [-0.39, 0.29) is 17.6 Å². The Morgan fingerprint density at radius 3 is 2.23 bits per heavy atom. The van der Waals surface area contributed by atoms with E-state index >= 15 is 0 Å². The second kappa shape index (κ2) is 12.8. The Bertz CT molecular complexity index is 930. The van der Waals surface area contributed by atoms with Crippen LogP contribution in [0.1, 0.15) is 28.9 Å². The maximum absolute atomic E-state index is 10.1. The van der Waals surface area contributed by atoms with E-state index in [0.29, 0.717) is 31.4 Å². The number of halogens is 1. The molecule has 178 valence electrons. The molecule has 0 saturated heterocycles. The quantitative estimate of drug-likeness (QED) is 0.121. The number of aryl methyl sites for hydroxylation is 1. The molecule has 2 aromatic heterocycles. The fourth-order valence-corrected chi connectivity index (χ4v) is 4.29. The Morgan fingerprint density at radius 2 is 1.77 bits per heavy atom. The normalized spacial score (nSPS) is 11.5. The van der Waals surface area contributed by atoms with Gasteiger partial charge in [-0.2, -0.15) is 4.31 Å². The van der Waals surface area contributed by atoms with Gasteiger partial charge in [0.05, 0.1) is 17.0 Å². The predicted molar refractivity (Wildman–Crippen MR) is 107 cm³/mol. The lowest BCUT2D eigenvalue weighted by molar-refractivity contribution is -0.695. The zero-order valence-electron chi connectivity index (χ0n) is 16.9. The molecule has 2 aromatic rings. The summed E-state index contributed by atoms with van der Waals surface area (Å²) in [6.07, 6.45) is 2.51. The Labute approximate surface area is 188 Å². The molecule has 0 aliphatic heterocycles. The molecule has 17 heteroatoms. The average molecular weight is 523 g/mol. The molecule has 0 bridgehead atoms. The molecule has 13 nitrogen and oxygen atoms in total. The summed E-state index contributed by atoms with van der Waals surface area (Å²) in [6.45, 7) is 7.59. The summed E-state index contributed by atoms with van der Waals surface area (Å²) in [6, 6.07) is 0. The number of aromatic hydroxyl groups is 1. The minimum absolute atomic E-state index is 0. The summed E-state index contributed by atoms with van der Waals surface area (Å²) < 4.78 is 29.4. The number of nitrogen functional groups attached to an aromatic ring is 1. The van der Waals surface area contributed by atoms with E-state index < -0.39 is 15.6 Å². The van der Waals surface area contributed by atoms with Crippen LogP contribution in [0.3, 0.4) is 0 Å². The lowest BCUT2D eigenvalue weighted by Crippen LogP contribution is -3.00. The fraction of sp³-hybridized carbons (Fsp3) is 0.500. The first-order valence-electron chi connectivity index (χ1n) is 8.42. The van der Waals surface area contributed by atoms with Gasteiger partial charge in [-0.25, -0.2) is 19.1 Å². The second-order valence-corrected chi connectivity index (χ2v) is 9.49. The van der Waals surface area contributed by atoms with Crippen molar-refractivity contribution in [3.05, 3.63) is 28.2 Å². The van der Waals surface area contributed by atoms with Crippen LogP contribution in [0.15, 0.2) is 6.20 Å². The van der Waals surface area contributed by atoms with E-state index in [4.69, 9.17) is 30.0 Å². The highest BCUT2D eigenvalue weighted by molar-refractivity contribution is 7.60. The fourth-order valence-electron chi connectivity index (χ4n) is 2.20. The molecule has 0 saturated carbocycles. The van der Waals surface area contributed by atoms with Crippen LogP contribution in [0.2, 0.25) is 0 Å². The number of rotatable bonds is 8. The highest BCUT2D eigenvalue weighted by Gasteiger charge is 2.28. The molecule has 0 aliphatic carbocycles. The molecular weight excluding hydrogens is 498 g/mol. The van der Waals surface area contributed by atoms with Crippen LogP contribution >= 0.6 is 27.0 Å². The van der Waals surface area contributed by atoms with E-state index in [9.17, 15) is 14.2 Å². The number of hydrogen-bond acceptors (Lipinski definition) is 9. The number of ether oxygens (including phenoxy) is 1. The van der Waals surface area contributed by atoms with E-state index in [2.05, 4.69) is 14.3 Å². The van der Waals surface area contributed by atoms with Crippen molar-refractivity contribution in [2.75, 3.05) is 18.9 Å². The van der Waals surface area contributed by atoms with Crippen molar-refractivity contribution >= 4 is 32.8 Å². The number of nitrogens with two attached hydrogens (primary N) is 1. The maximum Gasteiger partial charge on any atom is 0.478 e. The van der Waals surface area contributed by atoms with Gasteiger partial charge < -0.3 is 47.6 Å². The van der Waals surface area contributed by atoms with Crippen molar-refractivity contribution in [3.63, 3.8) is 0 Å². The van der Waals surface area contributed by atoms with Crippen LogP contribution in [0, 0.1) is 13.8 Å². The third-order valence-electron chi connectivity index (χ3n) is 3.49. The Hall–Kier alpha value is -1.18. The monoisotopic (exact) mass is 522 g/mol. The van der Waals surface area contributed by atoms with Crippen molar-refractivity contribution < 1.29 is 59.8 Å². The van der Waals surface area contributed by atoms with Gasteiger partial charge in [-0.05, 0) is 25.2 Å². The Morgan fingerprint density at radius 1 is 1.19 bits per heavy atom. The van der Waals surface area contributed by atoms with Crippen LogP contribution in [0.4, 0.5) is 5.82 Å². The molecule has 31 heavy (non-hydrogen) atoms. The SMILES string of the molecule is CCOCCc1sc(O)[n+](Cc2cnc(C)nc2N)c1C.O=P(O)(O)OP(=O)(O)O.[Cl-]. The maximum atomic E-state index is 10.1. The van der Waals surface area contributed by atoms with Crippen LogP contribution < -0.4 is 22.7 Å². The third kappa shape index (κ3) is 11.3. The standard InChI is InChI=1S/C14H20N4O2S.ClH.H4O7P2/c1-4-20-6-5-12-9(2)18(14(19)21-12)8-11-7-16-10(3)17-13(11)15;;1-8(2,3)7-9(4,5)6/h7H,4-6,8H2,1-3H3,(H2,15,16,17);1H;(H2,1,2,3)(H2,4,5,6). The van der Waals surface area contributed by atoms with Crippen molar-refractivity contribution in [2.45, 2.75) is 33.7 Å². The highest BCUT2D eigenvalue weighted by Crippen LogP contribution is 2.53. The largest absolute Gasteiger partial charge is 1.00 e. The summed E-state index contributed by atoms with van der Waals surface area (Å²) in [5, 5.41) is 10.4. The van der Waals surface area contributed by atoms with Crippen LogP contribution in [0.25, 0.3) is 0 Å². The van der Waals surface area contributed by atoms with Crippen molar-refractivity contribution in [1.29, 1.82) is 0 Å². The first-order chi connectivity index (χ1) is 13.7. The topological polar surface area (TPSA) is 209 Å². The third-order valence-corrected chi connectivity index (χ3v) is 6.34. The minimum Gasteiger partial charge on any atom is -1.00 e. The van der Waals surface area contributed by atoms with Crippen molar-refractivity contribution in [1.82, 2.24) is 9.97 Å². The molecule has 0 amide bonds. The number of phosphoric acid groups is 2. The first-order valence-corrected chi connectivity index (χ1v) is 12.3. The minimum atomic E-state index is -5.05. The lowest BCUT2D eigenvalue weighted by atomic mass is 10.2. The number of aromatic nitrogens is 3. The van der Waals surface area contributed by atoms with Crippen molar-refractivity contribution in [2.24, 2.45) is 0 Å². The first kappa shape index (κ1) is 29.8. The van der Waals surface area contributed by atoms with Gasteiger partial charge in [0, 0.05) is 26.1 Å². The van der Waals surface area contributed by atoms with Crippen molar-refractivity contribution in [3.8, 4) is 5.19 Å². The lowest BCUT2D eigenvalue weighted by Gasteiger charge is -2.03. The summed E-state index contributed by atoms with van der Waals surface area (Å²) >= 11 is 1.38. The van der Waals surface area contributed by atoms with Gasteiger partial charge in [-0.3, -0.25) is 0 Å². The van der Waals surface area contributed by atoms with Gasteiger partial charge in [-0.1, -0.05) is 0 Å². The number of anilines is 1. The van der Waals surface area contributed by atoms with E-state index in [1.165, 1.54) is 11.3 Å². The van der Waals surface area contributed by atoms with E-state index in [1.54, 1.807) is 13.1 Å². The zero-order valence-corrected chi connectivity index (χ0v) is 20.2. The molecule has 2 heterocycles. The smallest absolute Gasteiger partial charge is 0.478 e. The molecular formula is C14H25ClN4O9P2S. The number of nitrogens with zero attached hydrogens (tertiary/aromatic N) is 3. The number of hydrogen-bond donors (Lipinski definition) is 6. The second-order valence-electron chi connectivity index (χ2n) is 5.82.